The number of likely N-dealkylation sites (tertiary alicyclic amines) is 2. The summed E-state index contributed by atoms with van der Waals surface area (Å²) >= 11 is 0.378. The normalized spacial score (nSPS) is 24.2. The Balaban J connectivity index is 1.30. The van der Waals surface area contributed by atoms with Crippen molar-refractivity contribution in [3.8, 4) is 11.5 Å². The molecule has 304 valence electrons. The van der Waals surface area contributed by atoms with E-state index in [1.807, 2.05) is 0 Å². The lowest BCUT2D eigenvalue weighted by Gasteiger charge is -2.51. The van der Waals surface area contributed by atoms with Crippen molar-refractivity contribution in [1.29, 1.82) is 0 Å². The summed E-state index contributed by atoms with van der Waals surface area (Å²) in [5.74, 6) is -1.06. The Kier molecular flexibility index (Phi) is 12.0. The summed E-state index contributed by atoms with van der Waals surface area (Å²) in [6.45, 7) is 5.33. The Morgan fingerprint density at radius 1 is 1.04 bits per heavy atom. The van der Waals surface area contributed by atoms with Gasteiger partial charge in [0.05, 0.1) is 34.6 Å². The molecular weight excluding hydrogens is 765 g/mol. The zero-order chi connectivity index (χ0) is 40.5. The molecule has 2 amide bonds. The number of alkyl halides is 6. The van der Waals surface area contributed by atoms with Gasteiger partial charge in [0.1, 0.15) is 16.4 Å². The standard InChI is InChI=1S/C40H45F6N3O6S/c1-3-7-33-38(55-28-22-34(56-24-28)40(44,45)46,13-6-17-49(33)35(51)29-23-47-16-12-30(29)39(41,42)43)36(52)48-18-14-37(53,15-19-48)31-8-4-5-9-32(31)54-27-11-10-26(21-27)20-25(2)50/h4-5,8-9,12,16,22-24,26-27,33,50,53H,2-3,6-7,10-11,13-15,17-21H2,1H3/t26-,27+,33+,38-/m0/s1. The molecule has 1 aliphatic carbocycles. The van der Waals surface area contributed by atoms with E-state index in [9.17, 15) is 46.1 Å². The summed E-state index contributed by atoms with van der Waals surface area (Å²) < 4.78 is 96.1. The fourth-order valence-electron chi connectivity index (χ4n) is 8.51. The van der Waals surface area contributed by atoms with Crippen molar-refractivity contribution in [2.45, 2.75) is 107 Å². The van der Waals surface area contributed by atoms with Crippen LogP contribution in [0.5, 0.6) is 11.5 Å². The number of carbonyl (C=O) groups excluding carboxylic acids is 2. The summed E-state index contributed by atoms with van der Waals surface area (Å²) in [5, 5.41) is 22.9. The van der Waals surface area contributed by atoms with Gasteiger partial charge in [-0.15, -0.1) is 11.3 Å². The predicted molar refractivity (Wildman–Crippen MR) is 195 cm³/mol. The molecule has 1 aromatic carbocycles. The smallest absolute Gasteiger partial charge is 0.425 e. The Hall–Kier alpha value is -4.31. The number of para-hydroxylation sites is 1. The van der Waals surface area contributed by atoms with E-state index in [-0.39, 0.29) is 75.3 Å². The fourth-order valence-corrected chi connectivity index (χ4v) is 9.18. The van der Waals surface area contributed by atoms with Crippen LogP contribution in [-0.4, -0.2) is 74.2 Å². The van der Waals surface area contributed by atoms with E-state index in [0.29, 0.717) is 48.0 Å². The van der Waals surface area contributed by atoms with Crippen LogP contribution in [0, 0.1) is 5.92 Å². The van der Waals surface area contributed by atoms with Gasteiger partial charge in [-0.1, -0.05) is 38.1 Å². The molecule has 0 radical (unpaired) electrons. The Morgan fingerprint density at radius 3 is 2.43 bits per heavy atom. The minimum atomic E-state index is -4.89. The van der Waals surface area contributed by atoms with Crippen molar-refractivity contribution in [3.63, 3.8) is 0 Å². The third kappa shape index (κ3) is 8.65. The van der Waals surface area contributed by atoms with E-state index in [2.05, 4.69) is 11.6 Å². The number of nitrogens with zero attached hydrogens (tertiary/aromatic N) is 3. The second-order valence-corrected chi connectivity index (χ2v) is 15.9. The van der Waals surface area contributed by atoms with Gasteiger partial charge in [-0.05, 0) is 63.0 Å². The van der Waals surface area contributed by atoms with E-state index < -0.39 is 57.4 Å². The van der Waals surface area contributed by atoms with Crippen LogP contribution < -0.4 is 9.47 Å². The van der Waals surface area contributed by atoms with Crippen LogP contribution in [0.2, 0.25) is 0 Å². The topological polar surface area (TPSA) is 112 Å². The average Bonchev–Trinajstić information content (AvgIpc) is 3.81. The van der Waals surface area contributed by atoms with Crippen molar-refractivity contribution < 1.29 is 55.6 Å². The zero-order valence-electron chi connectivity index (χ0n) is 30.9. The summed E-state index contributed by atoms with van der Waals surface area (Å²) in [5.41, 5.74) is -4.76. The summed E-state index contributed by atoms with van der Waals surface area (Å²) in [4.78, 5) is 34.5. The van der Waals surface area contributed by atoms with E-state index >= 15 is 0 Å². The number of pyridine rings is 1. The van der Waals surface area contributed by atoms with Gasteiger partial charge in [0.2, 0.25) is 5.60 Å². The van der Waals surface area contributed by atoms with E-state index in [1.54, 1.807) is 31.2 Å². The zero-order valence-corrected chi connectivity index (χ0v) is 31.7. The number of aromatic nitrogens is 1. The van der Waals surface area contributed by atoms with Crippen molar-refractivity contribution >= 4 is 23.2 Å². The van der Waals surface area contributed by atoms with Crippen molar-refractivity contribution in [3.05, 3.63) is 88.1 Å². The summed E-state index contributed by atoms with van der Waals surface area (Å²) in [6.07, 6.45) is -4.50. The van der Waals surface area contributed by atoms with Crippen LogP contribution >= 0.6 is 11.3 Å². The largest absolute Gasteiger partial charge is 0.513 e. The molecule has 0 bridgehead atoms. The maximum absolute atomic E-state index is 15.0. The Morgan fingerprint density at radius 2 is 1.77 bits per heavy atom. The van der Waals surface area contributed by atoms with Gasteiger partial charge >= 0.3 is 12.4 Å². The maximum atomic E-state index is 15.0. The molecule has 16 heteroatoms. The molecule has 3 aliphatic rings. The highest BCUT2D eigenvalue weighted by Gasteiger charge is 2.56. The molecule has 3 fully saturated rings. The molecule has 0 unspecified atom stereocenters. The van der Waals surface area contributed by atoms with E-state index in [1.165, 1.54) is 9.80 Å². The lowest BCUT2D eigenvalue weighted by atomic mass is 9.78. The van der Waals surface area contributed by atoms with Crippen molar-refractivity contribution in [2.75, 3.05) is 19.6 Å². The van der Waals surface area contributed by atoms with Crippen LogP contribution in [-0.2, 0) is 22.7 Å². The molecule has 0 spiro atoms. The number of rotatable bonds is 11. The number of thiophene rings is 1. The number of hydrogen-bond donors (Lipinski definition) is 2. The fraction of sp³-hybridized carbons (Fsp3) is 0.525. The number of piperidine rings is 2. The monoisotopic (exact) mass is 809 g/mol. The third-order valence-corrected chi connectivity index (χ3v) is 12.1. The SMILES string of the molecule is C=C(O)C[C@@H]1CC[C@@H](Oc2ccccc2C2(O)CCN(C(=O)[C@]3(Oc4csc(C(F)(F)F)c4)CCCN(C(=O)c4cnccc4C(F)(F)F)[C@@H]3CCC)CC2)C1. The lowest BCUT2D eigenvalue weighted by molar-refractivity contribution is -0.163. The van der Waals surface area contributed by atoms with Gasteiger partial charge in [-0.25, -0.2) is 0 Å². The molecule has 4 atom stereocenters. The molecule has 2 N–H and O–H groups in total. The highest BCUT2D eigenvalue weighted by molar-refractivity contribution is 7.10. The van der Waals surface area contributed by atoms with Gasteiger partial charge in [-0.3, -0.25) is 14.6 Å². The maximum Gasteiger partial charge on any atom is 0.425 e. The number of aliphatic hydroxyl groups is 2. The first-order valence-corrected chi connectivity index (χ1v) is 19.6. The number of allylic oxidation sites excluding steroid dienone is 1. The second-order valence-electron chi connectivity index (χ2n) is 15.0. The number of aliphatic hydroxyl groups excluding tert-OH is 1. The molecule has 2 saturated heterocycles. The number of benzene rings is 1. The van der Waals surface area contributed by atoms with Crippen LogP contribution in [0.25, 0.3) is 0 Å². The van der Waals surface area contributed by atoms with Crippen molar-refractivity contribution in [2.24, 2.45) is 5.92 Å². The Bertz CT molecular complexity index is 1890. The van der Waals surface area contributed by atoms with Gasteiger partial charge < -0.3 is 29.5 Å². The third-order valence-electron chi connectivity index (χ3n) is 11.1. The van der Waals surface area contributed by atoms with E-state index in [4.69, 9.17) is 9.47 Å². The summed E-state index contributed by atoms with van der Waals surface area (Å²) in [6, 6.07) is 7.43. The van der Waals surface area contributed by atoms with Crippen LogP contribution in [0.4, 0.5) is 26.3 Å². The quantitative estimate of drug-likeness (QED) is 0.147. The molecule has 1 saturated carbocycles. The van der Waals surface area contributed by atoms with Gasteiger partial charge in [0.25, 0.3) is 11.8 Å². The minimum Gasteiger partial charge on any atom is -0.513 e. The number of halogens is 6. The number of hydrogen-bond acceptors (Lipinski definition) is 8. The highest BCUT2D eigenvalue weighted by Crippen LogP contribution is 2.45. The van der Waals surface area contributed by atoms with Gasteiger partial charge in [-0.2, -0.15) is 26.3 Å². The lowest BCUT2D eigenvalue weighted by Crippen LogP contribution is -2.68. The van der Waals surface area contributed by atoms with Crippen LogP contribution in [0.15, 0.2) is 66.5 Å². The average molecular weight is 810 g/mol. The molecular formula is C40H45F6N3O6S. The molecule has 56 heavy (non-hydrogen) atoms. The number of amides is 2. The minimum absolute atomic E-state index is 0.00392. The molecule has 2 aliphatic heterocycles. The molecule has 4 heterocycles. The highest BCUT2D eigenvalue weighted by atomic mass is 32.1. The first-order chi connectivity index (χ1) is 26.4. The van der Waals surface area contributed by atoms with E-state index in [0.717, 1.165) is 36.7 Å². The van der Waals surface area contributed by atoms with Crippen molar-refractivity contribution in [1.82, 2.24) is 14.8 Å². The molecule has 6 rings (SSSR count). The summed E-state index contributed by atoms with van der Waals surface area (Å²) in [7, 11) is 0. The van der Waals surface area contributed by atoms with Gasteiger partial charge in [0.15, 0.2) is 0 Å². The van der Waals surface area contributed by atoms with Crippen LogP contribution in [0.1, 0.15) is 97.5 Å². The number of ether oxygens (including phenoxy) is 2. The number of carbonyl (C=O) groups is 2. The molecule has 9 nitrogen and oxygen atoms in total. The molecule has 3 aromatic rings. The second kappa shape index (κ2) is 16.3. The first-order valence-electron chi connectivity index (χ1n) is 18.8. The van der Waals surface area contributed by atoms with Crippen LogP contribution in [0.3, 0.4) is 0 Å². The first kappa shape index (κ1) is 41.3. The van der Waals surface area contributed by atoms with Gasteiger partial charge in [0, 0.05) is 61.9 Å². The molecule has 2 aromatic heterocycles. The predicted octanol–water partition coefficient (Wildman–Crippen LogP) is 8.92. The Labute approximate surface area is 324 Å².